The predicted octanol–water partition coefficient (Wildman–Crippen LogP) is 10.1. The smallest absolute Gasteiger partial charge is 0.303 e. The molecule has 0 fully saturated rings. The van der Waals surface area contributed by atoms with Crippen LogP contribution in [0.3, 0.4) is 0 Å². The van der Waals surface area contributed by atoms with Gasteiger partial charge in [-0.1, -0.05) is 112 Å². The van der Waals surface area contributed by atoms with Crippen LogP contribution in [-0.4, -0.2) is 183 Å². The van der Waals surface area contributed by atoms with Crippen molar-refractivity contribution in [2.24, 2.45) is 0 Å². The minimum atomic E-state index is -4.03. The maximum absolute atomic E-state index is 13.1. The molecule has 586 valence electrons. The average Bonchev–Trinajstić information content (AvgIpc) is 0.785. The Bertz CT molecular complexity index is 4530. The number of likely N-dealkylation sites (N-methyl/N-ethyl adjacent to an activating group) is 3. The lowest BCUT2D eigenvalue weighted by Gasteiger charge is -2.33. The number of halogens is 6. The highest BCUT2D eigenvalue weighted by Gasteiger charge is 2.32. The summed E-state index contributed by atoms with van der Waals surface area (Å²) in [7, 11) is -5.61. The van der Waals surface area contributed by atoms with Crippen LogP contribution >= 0.6 is 69.6 Å². The number of sulfonamides is 1. The van der Waals surface area contributed by atoms with Crippen molar-refractivity contribution >= 4 is 152 Å². The van der Waals surface area contributed by atoms with Gasteiger partial charge in [0.1, 0.15) is 5.78 Å². The summed E-state index contributed by atoms with van der Waals surface area (Å²) in [5, 5.41) is 21.9. The minimum absolute atomic E-state index is 0.0193. The molecule has 0 saturated heterocycles. The molecule has 0 radical (unpaired) electrons. The van der Waals surface area contributed by atoms with E-state index >= 15 is 0 Å². The quantitative estimate of drug-likeness (QED) is 0.0199. The van der Waals surface area contributed by atoms with Crippen molar-refractivity contribution in [1.29, 1.82) is 0 Å². The number of nitrogens with zero attached hydrogens (tertiary/aromatic N) is 3. The Balaban J connectivity index is 0.000000355. The molecule has 6 aromatic rings. The lowest BCUT2D eigenvalue weighted by molar-refractivity contribution is -0.138. The van der Waals surface area contributed by atoms with E-state index in [1.165, 1.54) is 36.4 Å². The summed E-state index contributed by atoms with van der Waals surface area (Å²) >= 11 is 38.2. The molecule has 9 rings (SSSR count). The van der Waals surface area contributed by atoms with Gasteiger partial charge in [0.2, 0.25) is 33.7 Å². The molecule has 24 nitrogen and oxygen atoms in total. The van der Waals surface area contributed by atoms with Gasteiger partial charge in [0, 0.05) is 145 Å². The number of hydrogen-bond acceptors (Lipinski definition) is 18. The summed E-state index contributed by atoms with van der Waals surface area (Å²) in [4.78, 5) is 115. The first-order valence-corrected chi connectivity index (χ1v) is 42.2. The van der Waals surface area contributed by atoms with E-state index in [4.69, 9.17) is 74.7 Å². The zero-order valence-corrected chi connectivity index (χ0v) is 67.2. The fourth-order valence-electron chi connectivity index (χ4n) is 12.9. The van der Waals surface area contributed by atoms with Crippen molar-refractivity contribution in [3.63, 3.8) is 0 Å². The number of rotatable bonds is 36. The number of hydrogen-bond donors (Lipinski definition) is 6. The number of amides is 4. The normalized spacial score (nSPS) is 15.9. The van der Waals surface area contributed by atoms with Crippen LogP contribution < -0.4 is 26.0 Å². The molecule has 3 unspecified atom stereocenters. The number of unbranched alkanes of at least 4 members (excludes halogenated alkanes) is 2. The van der Waals surface area contributed by atoms with E-state index in [0.29, 0.717) is 88.7 Å². The third kappa shape index (κ3) is 26.2. The molecule has 3 heterocycles. The molecule has 3 atom stereocenters. The van der Waals surface area contributed by atoms with Crippen molar-refractivity contribution in [2.75, 3.05) is 85.0 Å². The van der Waals surface area contributed by atoms with Gasteiger partial charge < -0.3 is 41.1 Å². The Kier molecular flexibility index (Phi) is 32.3. The molecule has 0 spiro atoms. The molecule has 33 heteroatoms. The number of carbonyl (C=O) groups excluding carboxylic acids is 8. The van der Waals surface area contributed by atoms with Crippen molar-refractivity contribution in [2.45, 2.75) is 129 Å². The lowest BCUT2D eigenvalue weighted by Crippen LogP contribution is -2.32. The van der Waals surface area contributed by atoms with Crippen LogP contribution in [0.4, 0.5) is 0 Å². The number of fused-ring (bicyclic) bond motifs is 3. The standard InChI is InChI=1S/C52H60Cl4N6O10S2.C24H26Cl2N2O6S/c1-61-29-44(42-22-35(53)24-48(55)46(42)31-61)33-7-13-40(14-8-33)73(69,70)21-19-52(68)59-27-38(64)11-17-50(66)57-20-5-3-4-6-37(63)26-58-51(67)18-12-39(65)28-60-74(71,72)41-15-9-34(10-16-41)45-30-62(2)32-47-43(45)23-36(54)25-49(47)56;1-28-13-20(19-10-16(25)11-22(26)21(19)14-28)15-2-5-18(6-3-15)35(33,34)9-8-23(30)27-12-17(29)4-7-24(31)32/h7-10,13-16,22-25,44-45,60H,3-6,11-12,17-21,26-32H2,1-2H3,(H,57,66)(H,58,67)(H,59,68);2-3,5-6,10-11,20H,4,7-9,12-14H2,1H3,(H,27,30)(H,31,32). The van der Waals surface area contributed by atoms with Gasteiger partial charge in [0.05, 0.1) is 58.8 Å². The Labute approximate surface area is 664 Å². The monoisotopic (exact) mass is 1670 g/mol. The highest BCUT2D eigenvalue weighted by molar-refractivity contribution is 7.91. The van der Waals surface area contributed by atoms with Gasteiger partial charge in [-0.25, -0.2) is 30.0 Å². The molecule has 109 heavy (non-hydrogen) atoms. The zero-order chi connectivity index (χ0) is 79.5. The number of sulfone groups is 2. The molecule has 3 aliphatic heterocycles. The molecule has 0 aromatic heterocycles. The third-order valence-corrected chi connectivity index (χ3v) is 25.3. The van der Waals surface area contributed by atoms with Crippen molar-refractivity contribution < 1.29 is 73.5 Å². The van der Waals surface area contributed by atoms with Crippen LogP contribution in [0.2, 0.25) is 30.1 Å². The Morgan fingerprint density at radius 3 is 1.07 bits per heavy atom. The van der Waals surface area contributed by atoms with Crippen LogP contribution in [0, 0.1) is 0 Å². The highest BCUT2D eigenvalue weighted by Crippen LogP contribution is 2.42. The van der Waals surface area contributed by atoms with Gasteiger partial charge in [0.25, 0.3) is 0 Å². The van der Waals surface area contributed by atoms with E-state index in [9.17, 15) is 68.4 Å². The summed E-state index contributed by atoms with van der Waals surface area (Å²) in [6.45, 7) is 3.04. The van der Waals surface area contributed by atoms with Gasteiger partial charge in [0.15, 0.2) is 37.0 Å². The number of ketones is 4. The van der Waals surface area contributed by atoms with E-state index in [-0.39, 0.29) is 122 Å². The first-order valence-electron chi connectivity index (χ1n) is 35.1. The molecular weight excluding hydrogens is 1590 g/mol. The number of nitrogens with one attached hydrogen (secondary N) is 5. The van der Waals surface area contributed by atoms with Crippen LogP contribution in [0.25, 0.3) is 0 Å². The second-order valence-electron chi connectivity index (χ2n) is 27.3. The number of aliphatic carboxylic acids is 1. The first kappa shape index (κ1) is 87.4. The van der Waals surface area contributed by atoms with Gasteiger partial charge in [-0.05, 0) is 157 Å². The summed E-state index contributed by atoms with van der Waals surface area (Å²) in [5.74, 6) is -5.78. The predicted molar refractivity (Wildman–Crippen MR) is 418 cm³/mol. The lowest BCUT2D eigenvalue weighted by atomic mass is 9.85. The highest BCUT2D eigenvalue weighted by atomic mass is 35.5. The second kappa shape index (κ2) is 40.3. The number of benzene rings is 6. The first-order chi connectivity index (χ1) is 51.5. The van der Waals surface area contributed by atoms with Crippen LogP contribution in [0.15, 0.2) is 124 Å². The number of carbonyl (C=O) groups is 9. The van der Waals surface area contributed by atoms with E-state index in [0.717, 1.165) is 56.6 Å². The Hall–Kier alpha value is -7.22. The number of carboxylic acid groups (broad SMARTS) is 1. The molecule has 0 bridgehead atoms. The maximum Gasteiger partial charge on any atom is 0.303 e. The topological polar surface area (TPSA) is 346 Å². The fraction of sp³-hybridized carbons (Fsp3) is 0.408. The van der Waals surface area contributed by atoms with Gasteiger partial charge in [-0.2, -0.15) is 0 Å². The van der Waals surface area contributed by atoms with Crippen LogP contribution in [0.1, 0.15) is 145 Å². The largest absolute Gasteiger partial charge is 0.481 e. The number of carboxylic acids is 1. The molecule has 3 aliphatic rings. The molecular formula is C76H86Cl6N8O16S3. The fourth-order valence-corrected chi connectivity index (χ4v) is 18.1. The molecule has 6 N–H and O–H groups in total. The SMILES string of the molecule is CN1Cc2c(Cl)cc(Cl)cc2C(c2ccc(S(=O)(=O)CCC(=O)NCC(=O)CCC(=O)NCCCCCC(=O)CNC(=O)CCC(=O)CNS(=O)(=O)c3ccc(C4CN(C)Cc5c(Cl)cc(Cl)cc54)cc3)cc2)C1.CN1Cc2c(Cl)cc(Cl)cc2C(c2ccc(S(=O)(=O)CCC(=O)NCC(=O)CCC(=O)O)cc2)C1. The molecule has 0 aliphatic carbocycles. The molecule has 4 amide bonds. The van der Waals surface area contributed by atoms with Gasteiger partial charge >= 0.3 is 5.97 Å². The van der Waals surface area contributed by atoms with E-state index < -0.39 is 88.8 Å². The second-order valence-corrected chi connectivity index (χ2v) is 35.8. The Morgan fingerprint density at radius 1 is 0.385 bits per heavy atom. The van der Waals surface area contributed by atoms with Crippen LogP contribution in [-0.2, 0) is 92.5 Å². The van der Waals surface area contributed by atoms with Gasteiger partial charge in [-0.15, -0.1) is 0 Å². The third-order valence-electron chi connectivity index (χ3n) is 18.8. The van der Waals surface area contributed by atoms with E-state index in [1.54, 1.807) is 54.6 Å². The maximum atomic E-state index is 13.1. The number of Topliss-reactive ketones (excluding diaryl/α,β-unsaturated/α-hetero) is 4. The van der Waals surface area contributed by atoms with Crippen molar-refractivity contribution in [1.82, 2.24) is 40.7 Å². The average molecular weight is 1680 g/mol. The van der Waals surface area contributed by atoms with Crippen molar-refractivity contribution in [3.8, 4) is 0 Å². The van der Waals surface area contributed by atoms with Crippen LogP contribution in [0.5, 0.6) is 0 Å². The summed E-state index contributed by atoms with van der Waals surface area (Å²) in [6, 6.07) is 30.3. The van der Waals surface area contributed by atoms with Gasteiger partial charge in [-0.3, -0.25) is 43.2 Å². The summed E-state index contributed by atoms with van der Waals surface area (Å²) in [5.41, 5.74) is 8.65. The van der Waals surface area contributed by atoms with E-state index in [2.05, 4.69) is 40.7 Å². The Morgan fingerprint density at radius 2 is 0.706 bits per heavy atom. The van der Waals surface area contributed by atoms with Crippen molar-refractivity contribution in [3.05, 3.63) is 189 Å². The molecule has 0 saturated carbocycles. The molecule has 6 aromatic carbocycles. The summed E-state index contributed by atoms with van der Waals surface area (Å²) in [6.07, 6.45) is 0.0196. The summed E-state index contributed by atoms with van der Waals surface area (Å²) < 4.78 is 79.9. The van der Waals surface area contributed by atoms with E-state index in [1.807, 2.05) is 39.3 Å². The minimum Gasteiger partial charge on any atom is -0.481 e. The zero-order valence-electron chi connectivity index (χ0n) is 60.2.